The molecular formula is C20H15ClN4O2S. The summed E-state index contributed by atoms with van der Waals surface area (Å²) in [6.07, 6.45) is 4.80. The van der Waals surface area contributed by atoms with Crippen molar-refractivity contribution in [3.8, 4) is 11.4 Å². The Hall–Kier alpha value is -2.87. The van der Waals surface area contributed by atoms with Crippen molar-refractivity contribution in [1.29, 1.82) is 0 Å². The molecule has 4 aromatic rings. The van der Waals surface area contributed by atoms with Gasteiger partial charge in [-0.15, -0.1) is 0 Å². The zero-order valence-corrected chi connectivity index (χ0v) is 16.3. The van der Waals surface area contributed by atoms with E-state index < -0.39 is 11.2 Å². The molecule has 0 saturated carbocycles. The van der Waals surface area contributed by atoms with E-state index >= 15 is 0 Å². The monoisotopic (exact) mass is 410 g/mol. The van der Waals surface area contributed by atoms with Crippen LogP contribution in [-0.4, -0.2) is 31.7 Å². The lowest BCUT2D eigenvalue weighted by molar-refractivity contribution is 0.102. The molecule has 0 fully saturated rings. The molecule has 8 heteroatoms. The Kier molecular flexibility index (Phi) is 5.04. The number of hydrogen-bond acceptors (Lipinski definition) is 4. The Balaban J connectivity index is 1.77. The first-order chi connectivity index (χ1) is 13.5. The molecular weight excluding hydrogens is 396 g/mol. The molecule has 140 valence electrons. The molecule has 1 amide bonds. The van der Waals surface area contributed by atoms with Gasteiger partial charge in [-0.25, -0.2) is 4.98 Å². The van der Waals surface area contributed by atoms with E-state index in [0.29, 0.717) is 43.6 Å². The molecule has 2 aromatic carbocycles. The van der Waals surface area contributed by atoms with Crippen molar-refractivity contribution in [2.75, 3.05) is 11.6 Å². The van der Waals surface area contributed by atoms with Crippen molar-refractivity contribution in [3.05, 3.63) is 71.5 Å². The first-order valence-electron chi connectivity index (χ1n) is 8.36. The summed E-state index contributed by atoms with van der Waals surface area (Å²) in [5.74, 6) is 0.241. The number of fused-ring (bicyclic) bond motifs is 1. The average molecular weight is 411 g/mol. The second kappa shape index (κ2) is 7.63. The number of imidazole rings is 1. The maximum atomic E-state index is 12.7. The normalized spacial score (nSPS) is 12.1. The number of benzene rings is 2. The van der Waals surface area contributed by atoms with E-state index in [1.807, 2.05) is 6.07 Å². The van der Waals surface area contributed by atoms with Gasteiger partial charge in [-0.1, -0.05) is 17.7 Å². The van der Waals surface area contributed by atoms with Crippen LogP contribution in [0.5, 0.6) is 0 Å². The summed E-state index contributed by atoms with van der Waals surface area (Å²) < 4.78 is 12.1. The Morgan fingerprint density at radius 2 is 2.07 bits per heavy atom. The van der Waals surface area contributed by atoms with Gasteiger partial charge in [0.2, 0.25) is 0 Å². The van der Waals surface area contributed by atoms with Crippen molar-refractivity contribution in [1.82, 2.24) is 15.0 Å². The van der Waals surface area contributed by atoms with Gasteiger partial charge in [0.1, 0.15) is 17.6 Å². The van der Waals surface area contributed by atoms with Crippen LogP contribution in [0.2, 0.25) is 5.02 Å². The van der Waals surface area contributed by atoms with Crippen LogP contribution < -0.4 is 5.32 Å². The number of nitrogens with zero attached hydrogens (tertiary/aromatic N) is 2. The van der Waals surface area contributed by atoms with Crippen molar-refractivity contribution in [3.63, 3.8) is 0 Å². The van der Waals surface area contributed by atoms with Gasteiger partial charge < -0.3 is 14.9 Å². The first kappa shape index (κ1) is 18.5. The standard InChI is InChI=1S/C20H15ClN4O2S/c1-28(27)17-10-12(21)7-8-14(17)19-24-16-6-2-5-15(18(16)25-19)20(26)23-13-4-3-9-22-11-13/h2-11H,1H3,(H,23,26)(H,24,25). The summed E-state index contributed by atoms with van der Waals surface area (Å²) in [4.78, 5) is 25.1. The van der Waals surface area contributed by atoms with Gasteiger partial charge >= 0.3 is 0 Å². The van der Waals surface area contributed by atoms with Crippen molar-refractivity contribution < 1.29 is 9.35 Å². The van der Waals surface area contributed by atoms with E-state index in [1.165, 1.54) is 0 Å². The molecule has 2 N–H and O–H groups in total. The SMILES string of the molecule is C[S+]([O-])c1cc(Cl)ccc1-c1nc2c(C(=O)Nc3cccnc3)cccc2[nH]1. The fourth-order valence-corrected chi connectivity index (χ4v) is 3.91. The number of aromatic nitrogens is 3. The molecule has 0 radical (unpaired) electrons. The first-order valence-corrected chi connectivity index (χ1v) is 10.3. The van der Waals surface area contributed by atoms with Gasteiger partial charge in [-0.2, -0.15) is 0 Å². The zero-order chi connectivity index (χ0) is 19.7. The minimum Gasteiger partial charge on any atom is -0.612 e. The Bertz CT molecular complexity index is 1160. The molecule has 0 aliphatic rings. The number of amides is 1. The number of rotatable bonds is 4. The lowest BCUT2D eigenvalue weighted by Crippen LogP contribution is -2.12. The molecule has 4 rings (SSSR count). The summed E-state index contributed by atoms with van der Waals surface area (Å²) in [6, 6.07) is 14.0. The molecule has 1 unspecified atom stereocenters. The summed E-state index contributed by atoms with van der Waals surface area (Å²) in [5.41, 5.74) is 2.94. The van der Waals surface area contributed by atoms with Crippen LogP contribution in [0.15, 0.2) is 65.8 Å². The number of pyridine rings is 1. The van der Waals surface area contributed by atoms with Crippen LogP contribution in [-0.2, 0) is 11.2 Å². The summed E-state index contributed by atoms with van der Waals surface area (Å²) >= 11 is 4.80. The van der Waals surface area contributed by atoms with Crippen LogP contribution in [0.25, 0.3) is 22.4 Å². The minimum atomic E-state index is -1.24. The highest BCUT2D eigenvalue weighted by atomic mass is 35.5. The van der Waals surface area contributed by atoms with Gasteiger partial charge in [-0.05, 0) is 47.6 Å². The Labute approximate surface area is 169 Å². The van der Waals surface area contributed by atoms with Crippen molar-refractivity contribution >= 4 is 45.4 Å². The molecule has 0 aliphatic carbocycles. The van der Waals surface area contributed by atoms with Crippen LogP contribution >= 0.6 is 11.6 Å². The molecule has 6 nitrogen and oxygen atoms in total. The van der Waals surface area contributed by atoms with Gasteiger partial charge in [-0.3, -0.25) is 9.78 Å². The highest BCUT2D eigenvalue weighted by molar-refractivity contribution is 7.90. The molecule has 0 aliphatic heterocycles. The Morgan fingerprint density at radius 1 is 1.21 bits per heavy atom. The fraction of sp³-hybridized carbons (Fsp3) is 0.0500. The zero-order valence-electron chi connectivity index (χ0n) is 14.8. The fourth-order valence-electron chi connectivity index (χ4n) is 2.91. The predicted octanol–water partition coefficient (Wildman–Crippen LogP) is 4.27. The molecule has 28 heavy (non-hydrogen) atoms. The number of anilines is 1. The average Bonchev–Trinajstić information content (AvgIpc) is 3.12. The summed E-state index contributed by atoms with van der Waals surface area (Å²) in [5, 5.41) is 3.32. The van der Waals surface area contributed by atoms with Crippen molar-refractivity contribution in [2.45, 2.75) is 4.90 Å². The van der Waals surface area contributed by atoms with Gasteiger partial charge in [0.05, 0.1) is 28.5 Å². The number of aromatic amines is 1. The third-order valence-electron chi connectivity index (χ3n) is 4.19. The van der Waals surface area contributed by atoms with E-state index in [0.717, 1.165) is 0 Å². The van der Waals surface area contributed by atoms with Gasteiger partial charge in [0.15, 0.2) is 4.90 Å². The number of hydrogen-bond donors (Lipinski definition) is 2. The van der Waals surface area contributed by atoms with E-state index in [-0.39, 0.29) is 5.91 Å². The van der Waals surface area contributed by atoms with Crippen LogP contribution in [0.4, 0.5) is 5.69 Å². The van der Waals surface area contributed by atoms with E-state index in [2.05, 4.69) is 20.3 Å². The Morgan fingerprint density at radius 3 is 2.82 bits per heavy atom. The van der Waals surface area contributed by atoms with Crippen LogP contribution in [0.3, 0.4) is 0 Å². The van der Waals surface area contributed by atoms with E-state index in [1.54, 1.807) is 61.1 Å². The van der Waals surface area contributed by atoms with Gasteiger partial charge in [0.25, 0.3) is 5.91 Å². The molecule has 1 atom stereocenters. The van der Waals surface area contributed by atoms with E-state index in [4.69, 9.17) is 11.6 Å². The lowest BCUT2D eigenvalue weighted by Gasteiger charge is -2.08. The van der Waals surface area contributed by atoms with Gasteiger partial charge in [0, 0.05) is 17.3 Å². The third kappa shape index (κ3) is 3.60. The maximum Gasteiger partial charge on any atom is 0.257 e. The number of halogens is 1. The molecule has 0 bridgehead atoms. The van der Waals surface area contributed by atoms with Crippen molar-refractivity contribution in [2.24, 2.45) is 0 Å². The number of H-pyrrole nitrogens is 1. The molecule has 2 heterocycles. The summed E-state index contributed by atoms with van der Waals surface area (Å²) in [6.45, 7) is 0. The van der Waals surface area contributed by atoms with Crippen LogP contribution in [0, 0.1) is 0 Å². The second-order valence-corrected chi connectivity index (χ2v) is 7.86. The highest BCUT2D eigenvalue weighted by Gasteiger charge is 2.19. The number of nitrogens with one attached hydrogen (secondary N) is 2. The second-order valence-electron chi connectivity index (χ2n) is 6.08. The molecule has 2 aromatic heterocycles. The van der Waals surface area contributed by atoms with Crippen LogP contribution in [0.1, 0.15) is 10.4 Å². The van der Waals surface area contributed by atoms with E-state index in [9.17, 15) is 9.35 Å². The topological polar surface area (TPSA) is 93.7 Å². The lowest BCUT2D eigenvalue weighted by atomic mass is 10.1. The number of carbonyl (C=O) groups is 1. The smallest absolute Gasteiger partial charge is 0.257 e. The quantitative estimate of drug-likeness (QED) is 0.491. The molecule has 0 spiro atoms. The number of carbonyl (C=O) groups excluding carboxylic acids is 1. The third-order valence-corrected chi connectivity index (χ3v) is 5.38. The number of para-hydroxylation sites is 1. The molecule has 0 saturated heterocycles. The highest BCUT2D eigenvalue weighted by Crippen LogP contribution is 2.30. The summed E-state index contributed by atoms with van der Waals surface area (Å²) in [7, 11) is 0. The maximum absolute atomic E-state index is 12.7. The largest absolute Gasteiger partial charge is 0.612 e. The minimum absolute atomic E-state index is 0.285. The predicted molar refractivity (Wildman–Crippen MR) is 111 cm³/mol.